The van der Waals surface area contributed by atoms with Crippen molar-refractivity contribution in [3.8, 4) is 0 Å². The molecule has 0 saturated carbocycles. The molecule has 0 aromatic heterocycles. The Morgan fingerprint density at radius 1 is 1.05 bits per heavy atom. The third-order valence-corrected chi connectivity index (χ3v) is 6.99. The lowest BCUT2D eigenvalue weighted by atomic mass is 9.73. The Morgan fingerprint density at radius 3 is 2.07 bits per heavy atom. The zero-order valence-electron chi connectivity index (χ0n) is 23.5. The van der Waals surface area contributed by atoms with Crippen molar-refractivity contribution < 1.29 is 54.0 Å². The molecule has 0 radical (unpaired) electrons. The molecule has 1 atom stereocenters. The summed E-state index contributed by atoms with van der Waals surface area (Å²) in [4.78, 5) is 62.5. The van der Waals surface area contributed by atoms with Gasteiger partial charge in [0.05, 0.1) is 37.1 Å². The molecule has 1 fully saturated rings. The molecule has 1 saturated heterocycles. The van der Waals surface area contributed by atoms with Gasteiger partial charge in [-0.1, -0.05) is 35.0 Å². The fourth-order valence-electron chi connectivity index (χ4n) is 4.83. The summed E-state index contributed by atoms with van der Waals surface area (Å²) in [5, 5.41) is 38.1. The molecule has 41 heavy (non-hydrogen) atoms. The molecule has 3 rings (SSSR count). The van der Waals surface area contributed by atoms with Crippen LogP contribution in [0.2, 0.25) is 0 Å². The number of rotatable bonds is 12. The van der Waals surface area contributed by atoms with Crippen molar-refractivity contribution in [3.63, 3.8) is 0 Å². The Hall–Kier alpha value is -3.84. The second-order valence-corrected chi connectivity index (χ2v) is 10.5. The molecule has 4 N–H and O–H groups in total. The molecule has 2 heterocycles. The Balaban J connectivity index is 0.000000383. The van der Waals surface area contributed by atoms with Crippen molar-refractivity contribution >= 4 is 35.4 Å². The number of ether oxygens (including phenoxy) is 1. The van der Waals surface area contributed by atoms with Crippen LogP contribution in [0.1, 0.15) is 63.5 Å². The van der Waals surface area contributed by atoms with E-state index in [4.69, 9.17) is 30.0 Å². The summed E-state index contributed by atoms with van der Waals surface area (Å²) >= 11 is 0. The molecule has 2 aliphatic rings. The van der Waals surface area contributed by atoms with Crippen LogP contribution in [0.5, 0.6) is 0 Å². The maximum absolute atomic E-state index is 12.8. The molecule has 0 aliphatic carbocycles. The van der Waals surface area contributed by atoms with Crippen molar-refractivity contribution in [1.82, 2.24) is 4.90 Å². The van der Waals surface area contributed by atoms with Gasteiger partial charge >= 0.3 is 23.9 Å². The molecule has 0 bridgehead atoms. The van der Waals surface area contributed by atoms with Crippen molar-refractivity contribution in [2.75, 3.05) is 26.2 Å². The number of ketones is 1. The van der Waals surface area contributed by atoms with E-state index in [2.05, 4.69) is 41.2 Å². The van der Waals surface area contributed by atoms with Gasteiger partial charge in [0.15, 0.2) is 5.60 Å². The van der Waals surface area contributed by atoms with Gasteiger partial charge in [0, 0.05) is 12.8 Å². The van der Waals surface area contributed by atoms with Crippen LogP contribution < -0.4 is 0 Å². The Morgan fingerprint density at radius 2 is 1.61 bits per heavy atom. The number of carboxylic acid groups (broad SMARTS) is 3. The van der Waals surface area contributed by atoms with Crippen molar-refractivity contribution in [2.24, 2.45) is 10.6 Å². The predicted octanol–water partition coefficient (Wildman–Crippen LogP) is 1.86. The van der Waals surface area contributed by atoms with Gasteiger partial charge in [-0.05, 0) is 52.3 Å². The smallest absolute Gasteiger partial charge is 0.336 e. The maximum atomic E-state index is 12.8. The number of likely N-dealkylation sites (tertiary alicyclic amines) is 1. The number of aliphatic carboxylic acids is 3. The van der Waals surface area contributed by atoms with E-state index in [1.807, 2.05) is 6.92 Å². The third kappa shape index (κ3) is 9.94. The molecule has 2 aliphatic heterocycles. The topological polar surface area (TPSA) is 200 Å². The summed E-state index contributed by atoms with van der Waals surface area (Å²) in [6, 6.07) is 8.24. The van der Waals surface area contributed by atoms with Gasteiger partial charge in [0.2, 0.25) is 0 Å². The number of benzene rings is 1. The van der Waals surface area contributed by atoms with Gasteiger partial charge in [0.1, 0.15) is 11.9 Å². The number of nitrogens with zero attached hydrogens (tertiary/aromatic N) is 2. The molecule has 13 nitrogen and oxygen atoms in total. The van der Waals surface area contributed by atoms with E-state index in [0.29, 0.717) is 38.8 Å². The van der Waals surface area contributed by atoms with Gasteiger partial charge in [-0.25, -0.2) is 4.79 Å². The summed E-state index contributed by atoms with van der Waals surface area (Å²) in [5.74, 6) is -5.02. The number of piperidine rings is 1. The molecular weight excluding hydrogens is 540 g/mol. The molecule has 226 valence electrons. The number of aliphatic hydroxyl groups is 1. The van der Waals surface area contributed by atoms with E-state index in [9.17, 15) is 24.0 Å². The van der Waals surface area contributed by atoms with E-state index in [0.717, 1.165) is 24.4 Å². The largest absolute Gasteiger partial charge is 0.481 e. The molecule has 13 heteroatoms. The highest BCUT2D eigenvalue weighted by molar-refractivity contribution is 6.01. The minimum absolute atomic E-state index is 0.125. The molecule has 1 aromatic rings. The predicted molar refractivity (Wildman–Crippen MR) is 144 cm³/mol. The van der Waals surface area contributed by atoms with Crippen LogP contribution in [0.25, 0.3) is 0 Å². The Kier molecular flexibility index (Phi) is 12.0. The first-order chi connectivity index (χ1) is 19.2. The third-order valence-electron chi connectivity index (χ3n) is 6.99. The number of oxime groups is 1. The molecule has 0 amide bonds. The van der Waals surface area contributed by atoms with Gasteiger partial charge in [-0.3, -0.25) is 24.1 Å². The lowest BCUT2D eigenvalue weighted by Gasteiger charge is -2.40. The number of carbonyl (C=O) groups is 5. The number of aryl methyl sites for hydroxylation is 1. The zero-order chi connectivity index (χ0) is 30.8. The van der Waals surface area contributed by atoms with Gasteiger partial charge < -0.3 is 30.0 Å². The van der Waals surface area contributed by atoms with Crippen LogP contribution in [0.3, 0.4) is 0 Å². The van der Waals surface area contributed by atoms with Gasteiger partial charge in [-0.15, -0.1) is 0 Å². The van der Waals surface area contributed by atoms with E-state index in [1.54, 1.807) is 6.92 Å². The first-order valence-electron chi connectivity index (χ1n) is 13.3. The highest BCUT2D eigenvalue weighted by Crippen LogP contribution is 2.40. The number of carbonyl (C=O) groups excluding carboxylic acids is 2. The van der Waals surface area contributed by atoms with E-state index in [1.165, 1.54) is 5.56 Å². The fourth-order valence-corrected chi connectivity index (χ4v) is 4.83. The summed E-state index contributed by atoms with van der Waals surface area (Å²) in [7, 11) is 0. The van der Waals surface area contributed by atoms with Gasteiger partial charge in [0.25, 0.3) is 0 Å². The van der Waals surface area contributed by atoms with Crippen molar-refractivity contribution in [2.45, 2.75) is 71.0 Å². The number of Topliss-reactive ketones (excluding diaryl/α,β-unsaturated/α-hetero) is 1. The molecular formula is C28H38N2O11. The summed E-state index contributed by atoms with van der Waals surface area (Å²) < 4.78 is 5.42. The minimum Gasteiger partial charge on any atom is -0.481 e. The fraction of sp³-hybridized carbons (Fsp3) is 0.571. The van der Waals surface area contributed by atoms with Crippen molar-refractivity contribution in [3.05, 3.63) is 35.4 Å². The van der Waals surface area contributed by atoms with E-state index >= 15 is 0 Å². The number of carboxylic acids is 3. The van der Waals surface area contributed by atoms with E-state index < -0.39 is 41.8 Å². The Bertz CT molecular complexity index is 1120. The number of hydrogen-bond donors (Lipinski definition) is 4. The second kappa shape index (κ2) is 14.7. The van der Waals surface area contributed by atoms with Crippen molar-refractivity contribution in [1.29, 1.82) is 0 Å². The molecule has 1 unspecified atom stereocenters. The quantitative estimate of drug-likeness (QED) is 0.263. The Labute approximate surface area is 237 Å². The second-order valence-electron chi connectivity index (χ2n) is 10.5. The first kappa shape index (κ1) is 33.4. The van der Waals surface area contributed by atoms with Crippen LogP contribution >= 0.6 is 0 Å². The van der Waals surface area contributed by atoms with Crippen LogP contribution in [0.15, 0.2) is 29.4 Å². The molecule has 1 aromatic carbocycles. The highest BCUT2D eigenvalue weighted by Gasteiger charge is 2.46. The van der Waals surface area contributed by atoms with E-state index in [-0.39, 0.29) is 17.9 Å². The minimum atomic E-state index is -2.74. The van der Waals surface area contributed by atoms with Crippen LogP contribution in [-0.4, -0.2) is 98.6 Å². The average molecular weight is 579 g/mol. The normalized spacial score (nSPS) is 18.2. The first-order valence-corrected chi connectivity index (χ1v) is 13.3. The standard InChI is InChI=1S/C22H30N2O4.C6H8O7/c1-4-27-21(26)22(9-11-24(12-10-22)15-17(3)25)14-19-13-20(23-28-19)18-7-5-16(2)6-8-18;7-3(8)1-6(13,5(11)12)2-4(9)10/h5-8,19H,4,9-15H2,1-3H3;13H,1-2H2,(H,7,8)(H,9,10)(H,11,12). The highest BCUT2D eigenvalue weighted by atomic mass is 16.6. The summed E-state index contributed by atoms with van der Waals surface area (Å²) in [5.41, 5.74) is -0.102. The summed E-state index contributed by atoms with van der Waals surface area (Å²) in [6.45, 7) is 7.74. The van der Waals surface area contributed by atoms with Gasteiger partial charge in [-0.2, -0.15) is 0 Å². The van der Waals surface area contributed by atoms with Crippen LogP contribution in [-0.2, 0) is 33.5 Å². The molecule has 0 spiro atoms. The monoisotopic (exact) mass is 578 g/mol. The lowest BCUT2D eigenvalue weighted by Crippen LogP contribution is -2.47. The summed E-state index contributed by atoms with van der Waals surface area (Å²) in [6.07, 6.45) is 0.237. The number of hydrogen-bond acceptors (Lipinski definition) is 10. The SMILES string of the molecule is CCOC(=O)C1(CC2CC(c3ccc(C)cc3)=NO2)CCN(CC(C)=O)CC1.O=C(O)CC(O)(CC(=O)O)C(=O)O. The van der Waals surface area contributed by atoms with Crippen LogP contribution in [0.4, 0.5) is 0 Å². The maximum Gasteiger partial charge on any atom is 0.336 e. The van der Waals surface area contributed by atoms with Crippen LogP contribution in [0, 0.1) is 12.3 Å². The zero-order valence-corrected chi connectivity index (χ0v) is 23.5. The number of esters is 1. The lowest BCUT2D eigenvalue weighted by molar-refractivity contribution is -0.170. The average Bonchev–Trinajstić information content (AvgIpc) is 3.33.